The molecule has 0 aliphatic heterocycles. The zero-order valence-electron chi connectivity index (χ0n) is 14.6. The quantitative estimate of drug-likeness (QED) is 0.362. The van der Waals surface area contributed by atoms with Crippen LogP contribution in [0.4, 0.5) is 5.69 Å². The number of carbonyl (C=O) groups is 3. The second-order valence-corrected chi connectivity index (χ2v) is 5.46. The molecule has 0 unspecified atom stereocenters. The van der Waals surface area contributed by atoms with Gasteiger partial charge in [-0.05, 0) is 44.9 Å². The molecule has 0 amide bonds. The molecule has 0 aromatic heterocycles. The number of carboxylic acid groups (broad SMARTS) is 1. The van der Waals surface area contributed by atoms with Crippen LogP contribution >= 0.6 is 11.6 Å². The monoisotopic (exact) mass is 384 g/mol. The van der Waals surface area contributed by atoms with Gasteiger partial charge in [0.25, 0.3) is 0 Å². The van der Waals surface area contributed by atoms with Gasteiger partial charge in [0.15, 0.2) is 0 Å². The number of hydrogen-bond donors (Lipinski definition) is 2. The van der Waals surface area contributed by atoms with Crippen molar-refractivity contribution in [2.45, 2.75) is 33.1 Å². The number of ether oxygens (including phenoxy) is 2. The Morgan fingerprint density at radius 3 is 2.46 bits per heavy atom. The van der Waals surface area contributed by atoms with Gasteiger partial charge in [-0.2, -0.15) is 5.10 Å². The summed E-state index contributed by atoms with van der Waals surface area (Å²) in [7, 11) is 0. The summed E-state index contributed by atoms with van der Waals surface area (Å²) < 4.78 is 9.77. The van der Waals surface area contributed by atoms with Crippen molar-refractivity contribution in [3.05, 3.63) is 28.8 Å². The fourth-order valence-electron chi connectivity index (χ4n) is 1.94. The van der Waals surface area contributed by atoms with Gasteiger partial charge in [-0.3, -0.25) is 10.2 Å². The predicted molar refractivity (Wildman–Crippen MR) is 96.6 cm³/mol. The lowest BCUT2D eigenvalue weighted by molar-refractivity contribution is -0.143. The lowest BCUT2D eigenvalue weighted by Crippen LogP contribution is -2.19. The first-order chi connectivity index (χ1) is 12.4. The number of nitrogens with one attached hydrogen (secondary N) is 1. The number of anilines is 1. The van der Waals surface area contributed by atoms with Crippen LogP contribution in [0.25, 0.3) is 0 Å². The van der Waals surface area contributed by atoms with Crippen molar-refractivity contribution < 1.29 is 29.0 Å². The number of benzene rings is 1. The molecule has 0 spiro atoms. The number of hydrogen-bond acceptors (Lipinski definition) is 7. The van der Waals surface area contributed by atoms with Crippen LogP contribution in [0.5, 0.6) is 0 Å². The fourth-order valence-corrected chi connectivity index (χ4v) is 2.14. The second kappa shape index (κ2) is 11.1. The normalized spacial score (nSPS) is 11.0. The van der Waals surface area contributed by atoms with Crippen molar-refractivity contribution in [1.82, 2.24) is 0 Å². The summed E-state index contributed by atoms with van der Waals surface area (Å²) in [6.45, 7) is 3.85. The maximum absolute atomic E-state index is 12.0. The maximum atomic E-state index is 12.0. The number of hydrazone groups is 1. The molecule has 8 nitrogen and oxygen atoms in total. The van der Waals surface area contributed by atoms with Crippen molar-refractivity contribution in [1.29, 1.82) is 0 Å². The molecule has 0 aliphatic rings. The summed E-state index contributed by atoms with van der Waals surface area (Å²) in [4.78, 5) is 34.4. The molecule has 26 heavy (non-hydrogen) atoms. The van der Waals surface area contributed by atoms with Gasteiger partial charge >= 0.3 is 17.9 Å². The molecule has 1 rings (SSSR count). The Balaban J connectivity index is 2.83. The van der Waals surface area contributed by atoms with Crippen LogP contribution in [-0.4, -0.2) is 41.9 Å². The van der Waals surface area contributed by atoms with Gasteiger partial charge in [0.1, 0.15) is 5.71 Å². The molecule has 0 bridgehead atoms. The second-order valence-electron chi connectivity index (χ2n) is 5.05. The smallest absolute Gasteiger partial charge is 0.354 e. The third-order valence-electron chi connectivity index (χ3n) is 3.13. The van der Waals surface area contributed by atoms with Crippen molar-refractivity contribution in [3.8, 4) is 0 Å². The zero-order chi connectivity index (χ0) is 19.5. The third kappa shape index (κ3) is 7.10. The Bertz CT molecular complexity index is 690. The van der Waals surface area contributed by atoms with E-state index in [4.69, 9.17) is 26.2 Å². The number of nitrogens with zero attached hydrogens (tertiary/aromatic N) is 1. The molecule has 0 aliphatic carbocycles. The van der Waals surface area contributed by atoms with Gasteiger partial charge in [0.2, 0.25) is 0 Å². The Hall–Kier alpha value is -2.61. The molecule has 0 atom stereocenters. The standard InChI is InChI=1S/C17H21ClN2O6/c1-3-25-15(21)7-5-6-14(17(24)26-4-2)20-19-11-8-9-13(18)12(10-11)16(22)23/h8-10,19H,3-7H2,1-2H3,(H,22,23)/b20-14+. The predicted octanol–water partition coefficient (Wildman–Crippen LogP) is 3.10. The molecular formula is C17H21ClN2O6. The number of rotatable bonds is 10. The first-order valence-corrected chi connectivity index (χ1v) is 8.45. The van der Waals surface area contributed by atoms with E-state index in [1.807, 2.05) is 0 Å². The van der Waals surface area contributed by atoms with Crippen molar-refractivity contribution in [3.63, 3.8) is 0 Å². The molecule has 1 aromatic carbocycles. The Labute approximate surface area is 156 Å². The summed E-state index contributed by atoms with van der Waals surface area (Å²) in [5.41, 5.74) is 2.96. The summed E-state index contributed by atoms with van der Waals surface area (Å²) in [5, 5.41) is 13.2. The minimum atomic E-state index is -1.18. The number of halogens is 1. The van der Waals surface area contributed by atoms with E-state index >= 15 is 0 Å². The molecular weight excluding hydrogens is 364 g/mol. The fraction of sp³-hybridized carbons (Fsp3) is 0.412. The van der Waals surface area contributed by atoms with E-state index in [0.29, 0.717) is 18.7 Å². The average molecular weight is 385 g/mol. The number of esters is 2. The SMILES string of the molecule is CCOC(=O)CCC/C(=N\Nc1ccc(Cl)c(C(=O)O)c1)C(=O)OCC. The molecule has 0 heterocycles. The van der Waals surface area contributed by atoms with E-state index in [9.17, 15) is 14.4 Å². The Kier molecular flexibility index (Phi) is 9.14. The van der Waals surface area contributed by atoms with Gasteiger partial charge in [-0.1, -0.05) is 11.6 Å². The summed E-state index contributed by atoms with van der Waals surface area (Å²) in [6, 6.07) is 4.24. The molecule has 0 radical (unpaired) electrons. The highest BCUT2D eigenvalue weighted by Crippen LogP contribution is 2.20. The summed E-state index contributed by atoms with van der Waals surface area (Å²) in [6.07, 6.45) is 0.708. The van der Waals surface area contributed by atoms with Crippen LogP contribution in [-0.2, 0) is 19.1 Å². The van der Waals surface area contributed by atoms with Gasteiger partial charge in [-0.15, -0.1) is 0 Å². The van der Waals surface area contributed by atoms with Crippen molar-refractivity contribution >= 4 is 40.9 Å². The molecule has 0 saturated carbocycles. The van der Waals surface area contributed by atoms with Crippen LogP contribution in [0.2, 0.25) is 5.02 Å². The van der Waals surface area contributed by atoms with E-state index in [1.165, 1.54) is 18.2 Å². The van der Waals surface area contributed by atoms with Gasteiger partial charge < -0.3 is 14.6 Å². The van der Waals surface area contributed by atoms with E-state index in [1.54, 1.807) is 13.8 Å². The van der Waals surface area contributed by atoms with Gasteiger partial charge in [-0.25, -0.2) is 9.59 Å². The first kappa shape index (κ1) is 21.4. The molecule has 0 fully saturated rings. The molecule has 0 saturated heterocycles. The number of carboxylic acids is 1. The highest BCUT2D eigenvalue weighted by molar-refractivity contribution is 6.36. The highest BCUT2D eigenvalue weighted by Gasteiger charge is 2.15. The highest BCUT2D eigenvalue weighted by atomic mass is 35.5. The van der Waals surface area contributed by atoms with Crippen LogP contribution in [0.1, 0.15) is 43.5 Å². The largest absolute Gasteiger partial charge is 0.478 e. The molecule has 1 aromatic rings. The first-order valence-electron chi connectivity index (χ1n) is 8.07. The van der Waals surface area contributed by atoms with E-state index in [2.05, 4.69) is 10.5 Å². The van der Waals surface area contributed by atoms with E-state index < -0.39 is 11.9 Å². The van der Waals surface area contributed by atoms with Crippen LogP contribution in [0, 0.1) is 0 Å². The lowest BCUT2D eigenvalue weighted by Gasteiger charge is -2.08. The van der Waals surface area contributed by atoms with Crippen LogP contribution < -0.4 is 5.43 Å². The minimum Gasteiger partial charge on any atom is -0.478 e. The Morgan fingerprint density at radius 1 is 1.15 bits per heavy atom. The minimum absolute atomic E-state index is 0.0861. The zero-order valence-corrected chi connectivity index (χ0v) is 15.3. The van der Waals surface area contributed by atoms with E-state index in [-0.39, 0.29) is 41.7 Å². The lowest BCUT2D eigenvalue weighted by atomic mass is 10.1. The van der Waals surface area contributed by atoms with Crippen molar-refractivity contribution in [2.24, 2.45) is 5.10 Å². The van der Waals surface area contributed by atoms with Crippen LogP contribution in [0.15, 0.2) is 23.3 Å². The summed E-state index contributed by atoms with van der Waals surface area (Å²) >= 11 is 5.81. The van der Waals surface area contributed by atoms with Gasteiger partial charge in [0.05, 0.1) is 29.5 Å². The molecule has 9 heteroatoms. The van der Waals surface area contributed by atoms with Crippen LogP contribution in [0.3, 0.4) is 0 Å². The Morgan fingerprint density at radius 2 is 1.85 bits per heavy atom. The summed E-state index contributed by atoms with van der Waals surface area (Å²) in [5.74, 6) is -2.15. The maximum Gasteiger partial charge on any atom is 0.354 e. The third-order valence-corrected chi connectivity index (χ3v) is 3.46. The van der Waals surface area contributed by atoms with E-state index in [0.717, 1.165) is 0 Å². The van der Waals surface area contributed by atoms with Crippen molar-refractivity contribution in [2.75, 3.05) is 18.6 Å². The molecule has 142 valence electrons. The topological polar surface area (TPSA) is 114 Å². The number of aromatic carboxylic acids is 1. The van der Waals surface area contributed by atoms with Gasteiger partial charge in [0, 0.05) is 6.42 Å². The average Bonchev–Trinajstić information content (AvgIpc) is 2.59. The molecule has 2 N–H and O–H groups in total. The number of carbonyl (C=O) groups excluding carboxylic acids is 2.